The first kappa shape index (κ1) is 15.1. The Kier molecular flexibility index (Phi) is 5.72. The molecular formula is C13H27N5. The van der Waals surface area contributed by atoms with E-state index < -0.39 is 0 Å². The highest BCUT2D eigenvalue weighted by molar-refractivity contribution is 4.91. The summed E-state index contributed by atoms with van der Waals surface area (Å²) in [7, 11) is 0. The Hall–Kier alpha value is -0.970. The molecule has 0 radical (unpaired) electrons. The van der Waals surface area contributed by atoms with E-state index in [0.29, 0.717) is 5.92 Å². The number of tetrazole rings is 1. The van der Waals surface area contributed by atoms with Crippen molar-refractivity contribution in [3.63, 3.8) is 0 Å². The van der Waals surface area contributed by atoms with E-state index in [2.05, 4.69) is 55.5 Å². The van der Waals surface area contributed by atoms with E-state index in [1.54, 1.807) is 0 Å². The topological polar surface area (TPSA) is 55.6 Å². The third kappa shape index (κ3) is 3.28. The molecule has 5 nitrogen and oxygen atoms in total. The molecule has 0 aromatic carbocycles. The zero-order valence-electron chi connectivity index (χ0n) is 12.4. The van der Waals surface area contributed by atoms with Crippen molar-refractivity contribution in [3.8, 4) is 0 Å². The van der Waals surface area contributed by atoms with Crippen molar-refractivity contribution < 1.29 is 0 Å². The predicted octanol–water partition coefficient (Wildman–Crippen LogP) is 2.34. The van der Waals surface area contributed by atoms with Gasteiger partial charge in [0.1, 0.15) is 0 Å². The van der Waals surface area contributed by atoms with E-state index in [4.69, 9.17) is 0 Å². The molecule has 0 aliphatic rings. The van der Waals surface area contributed by atoms with Gasteiger partial charge in [-0.3, -0.25) is 0 Å². The van der Waals surface area contributed by atoms with Crippen molar-refractivity contribution in [1.29, 1.82) is 0 Å². The molecule has 1 aromatic heterocycles. The largest absolute Gasteiger partial charge is 0.310 e. The molecule has 0 aliphatic heterocycles. The molecule has 5 heteroatoms. The van der Waals surface area contributed by atoms with Crippen LogP contribution >= 0.6 is 0 Å². The van der Waals surface area contributed by atoms with Gasteiger partial charge in [0.25, 0.3) is 0 Å². The molecule has 1 aromatic rings. The Balaban J connectivity index is 2.80. The predicted molar refractivity (Wildman–Crippen MR) is 73.2 cm³/mol. The molecule has 104 valence electrons. The van der Waals surface area contributed by atoms with Gasteiger partial charge in [0.15, 0.2) is 5.82 Å². The average Bonchev–Trinajstić information content (AvgIpc) is 2.81. The van der Waals surface area contributed by atoms with Gasteiger partial charge in [0.2, 0.25) is 0 Å². The lowest BCUT2D eigenvalue weighted by Crippen LogP contribution is -2.35. The van der Waals surface area contributed by atoms with E-state index in [1.807, 2.05) is 4.68 Å². The minimum absolute atomic E-state index is 0.0678. The van der Waals surface area contributed by atoms with Crippen molar-refractivity contribution in [2.75, 3.05) is 6.54 Å². The summed E-state index contributed by atoms with van der Waals surface area (Å²) in [6.07, 6.45) is 3.17. The van der Waals surface area contributed by atoms with Crippen LogP contribution in [0.4, 0.5) is 0 Å². The van der Waals surface area contributed by atoms with Crippen LogP contribution < -0.4 is 5.32 Å². The van der Waals surface area contributed by atoms with Gasteiger partial charge < -0.3 is 5.32 Å². The first-order valence-corrected chi connectivity index (χ1v) is 7.08. The van der Waals surface area contributed by atoms with Crippen LogP contribution in [0.2, 0.25) is 0 Å². The third-order valence-electron chi connectivity index (χ3n) is 3.79. The lowest BCUT2D eigenvalue weighted by atomic mass is 9.90. The van der Waals surface area contributed by atoms with Crippen LogP contribution in [-0.2, 0) is 12.1 Å². The highest BCUT2D eigenvalue weighted by Gasteiger charge is 2.30. The second-order valence-corrected chi connectivity index (χ2v) is 5.32. The first-order valence-electron chi connectivity index (χ1n) is 7.08. The van der Waals surface area contributed by atoms with Crippen molar-refractivity contribution in [1.82, 2.24) is 25.5 Å². The average molecular weight is 253 g/mol. The number of aromatic nitrogens is 4. The SMILES string of the molecule is CCC(CC)(CC)n1nnnc1CNCC(C)C. The molecule has 0 saturated carbocycles. The summed E-state index contributed by atoms with van der Waals surface area (Å²) in [4.78, 5) is 0. The number of nitrogens with zero attached hydrogens (tertiary/aromatic N) is 4. The molecule has 0 fully saturated rings. The zero-order valence-corrected chi connectivity index (χ0v) is 12.4. The number of hydrogen-bond donors (Lipinski definition) is 1. The van der Waals surface area contributed by atoms with E-state index in [0.717, 1.165) is 38.2 Å². The van der Waals surface area contributed by atoms with Gasteiger partial charge in [-0.1, -0.05) is 34.6 Å². The quantitative estimate of drug-likeness (QED) is 0.772. The minimum atomic E-state index is 0.0678. The summed E-state index contributed by atoms with van der Waals surface area (Å²) >= 11 is 0. The van der Waals surface area contributed by atoms with E-state index in [9.17, 15) is 0 Å². The molecule has 0 bridgehead atoms. The molecule has 18 heavy (non-hydrogen) atoms. The van der Waals surface area contributed by atoms with Gasteiger partial charge in [0.05, 0.1) is 12.1 Å². The molecule has 0 saturated heterocycles. The van der Waals surface area contributed by atoms with Crippen molar-refractivity contribution >= 4 is 0 Å². The van der Waals surface area contributed by atoms with Crippen LogP contribution in [0.5, 0.6) is 0 Å². The summed E-state index contributed by atoms with van der Waals surface area (Å²) < 4.78 is 2.03. The van der Waals surface area contributed by atoms with Gasteiger partial charge >= 0.3 is 0 Å². The second kappa shape index (κ2) is 6.83. The van der Waals surface area contributed by atoms with Crippen LogP contribution in [0.15, 0.2) is 0 Å². The molecule has 1 rings (SSSR count). The summed E-state index contributed by atoms with van der Waals surface area (Å²) in [5.74, 6) is 1.59. The van der Waals surface area contributed by atoms with Gasteiger partial charge in [-0.2, -0.15) is 0 Å². The van der Waals surface area contributed by atoms with Crippen molar-refractivity contribution in [2.45, 2.75) is 66.0 Å². The van der Waals surface area contributed by atoms with Gasteiger partial charge in [0, 0.05) is 0 Å². The highest BCUT2D eigenvalue weighted by Crippen LogP contribution is 2.28. The molecule has 1 N–H and O–H groups in total. The lowest BCUT2D eigenvalue weighted by molar-refractivity contribution is 0.212. The molecule has 0 amide bonds. The molecule has 0 aliphatic carbocycles. The maximum Gasteiger partial charge on any atom is 0.165 e. The van der Waals surface area contributed by atoms with Gasteiger partial charge in [-0.15, -0.1) is 5.10 Å². The maximum absolute atomic E-state index is 4.21. The number of nitrogens with one attached hydrogen (secondary N) is 1. The Labute approximate surface area is 110 Å². The highest BCUT2D eigenvalue weighted by atomic mass is 15.6. The number of hydrogen-bond acceptors (Lipinski definition) is 4. The van der Waals surface area contributed by atoms with Crippen LogP contribution in [0.3, 0.4) is 0 Å². The first-order chi connectivity index (χ1) is 8.59. The fourth-order valence-electron chi connectivity index (χ4n) is 2.36. The molecule has 0 spiro atoms. The lowest BCUT2D eigenvalue weighted by Gasteiger charge is -2.31. The summed E-state index contributed by atoms with van der Waals surface area (Å²) in [5.41, 5.74) is 0.0678. The van der Waals surface area contributed by atoms with Crippen LogP contribution in [0, 0.1) is 5.92 Å². The van der Waals surface area contributed by atoms with Crippen LogP contribution in [0.1, 0.15) is 59.7 Å². The molecule has 0 atom stereocenters. The van der Waals surface area contributed by atoms with E-state index in [-0.39, 0.29) is 5.54 Å². The standard InChI is InChI=1S/C13H27N5/c1-6-13(7-2,8-3)18-12(15-16-17-18)10-14-9-11(4)5/h11,14H,6-10H2,1-5H3. The Morgan fingerprint density at radius 2 is 1.78 bits per heavy atom. The van der Waals surface area contributed by atoms with Crippen LogP contribution in [-0.4, -0.2) is 26.8 Å². The van der Waals surface area contributed by atoms with E-state index in [1.165, 1.54) is 0 Å². The Morgan fingerprint density at radius 1 is 1.17 bits per heavy atom. The fraction of sp³-hybridized carbons (Fsp3) is 0.923. The Morgan fingerprint density at radius 3 is 2.28 bits per heavy atom. The van der Waals surface area contributed by atoms with E-state index >= 15 is 0 Å². The monoisotopic (exact) mass is 253 g/mol. The maximum atomic E-state index is 4.21. The summed E-state index contributed by atoms with van der Waals surface area (Å²) in [5, 5.41) is 15.6. The second-order valence-electron chi connectivity index (χ2n) is 5.32. The summed E-state index contributed by atoms with van der Waals surface area (Å²) in [6, 6.07) is 0. The Bertz CT molecular complexity index is 333. The molecular weight excluding hydrogens is 226 g/mol. The molecule has 0 unspecified atom stereocenters. The molecule has 1 heterocycles. The third-order valence-corrected chi connectivity index (χ3v) is 3.79. The van der Waals surface area contributed by atoms with Gasteiger partial charge in [-0.25, -0.2) is 4.68 Å². The summed E-state index contributed by atoms with van der Waals surface area (Å²) in [6.45, 7) is 12.8. The van der Waals surface area contributed by atoms with Crippen molar-refractivity contribution in [2.24, 2.45) is 5.92 Å². The van der Waals surface area contributed by atoms with Crippen molar-refractivity contribution in [3.05, 3.63) is 5.82 Å². The smallest absolute Gasteiger partial charge is 0.165 e. The minimum Gasteiger partial charge on any atom is -0.310 e. The normalized spacial score (nSPS) is 12.3. The fourth-order valence-corrected chi connectivity index (χ4v) is 2.36. The number of rotatable bonds is 8. The van der Waals surface area contributed by atoms with Gasteiger partial charge in [-0.05, 0) is 42.2 Å². The van der Waals surface area contributed by atoms with Crippen LogP contribution in [0.25, 0.3) is 0 Å². The zero-order chi connectivity index (χ0) is 13.6.